The van der Waals surface area contributed by atoms with Crippen LogP contribution in [0.4, 0.5) is 5.69 Å². The average Bonchev–Trinajstić information content (AvgIpc) is 3.20. The molecule has 2 aromatic rings. The lowest BCUT2D eigenvalue weighted by Crippen LogP contribution is -2.17. The van der Waals surface area contributed by atoms with Crippen LogP contribution in [0.5, 0.6) is 5.75 Å². The number of nitrogens with one attached hydrogen (secondary N) is 1. The minimum absolute atomic E-state index is 0.113. The lowest BCUT2D eigenvalue weighted by atomic mass is 10.2. The molecule has 0 unspecified atom stereocenters. The topological polar surface area (TPSA) is 47.6 Å². The van der Waals surface area contributed by atoms with E-state index in [4.69, 9.17) is 9.47 Å². The summed E-state index contributed by atoms with van der Waals surface area (Å²) in [6.45, 7) is 1.33. The number of hydrogen-bond donors (Lipinski definition) is 1. The van der Waals surface area contributed by atoms with E-state index in [-0.39, 0.29) is 12.0 Å². The minimum atomic E-state index is -0.113. The summed E-state index contributed by atoms with van der Waals surface area (Å²) >= 11 is 1.42. The van der Waals surface area contributed by atoms with E-state index in [0.717, 1.165) is 19.4 Å². The van der Waals surface area contributed by atoms with Gasteiger partial charge in [0.25, 0.3) is 5.91 Å². The van der Waals surface area contributed by atoms with E-state index >= 15 is 0 Å². The largest absolute Gasteiger partial charge is 0.489 e. The molecule has 0 spiro atoms. The molecule has 1 atom stereocenters. The Hall–Kier alpha value is -1.85. The Bertz CT molecular complexity index is 591. The zero-order valence-electron chi connectivity index (χ0n) is 11.6. The third-order valence-corrected chi connectivity index (χ3v) is 4.20. The van der Waals surface area contributed by atoms with E-state index in [9.17, 15) is 4.79 Å². The number of hydrogen-bond acceptors (Lipinski definition) is 4. The summed E-state index contributed by atoms with van der Waals surface area (Å²) in [4.78, 5) is 12.8. The molecule has 1 aromatic carbocycles. The zero-order chi connectivity index (χ0) is 14.5. The first kappa shape index (κ1) is 14.1. The van der Waals surface area contributed by atoms with Gasteiger partial charge in [0.15, 0.2) is 0 Å². The van der Waals surface area contributed by atoms with Crippen LogP contribution >= 0.6 is 11.3 Å². The molecule has 110 valence electrons. The van der Waals surface area contributed by atoms with Gasteiger partial charge in [0.1, 0.15) is 12.4 Å². The maximum atomic E-state index is 12.1. The van der Waals surface area contributed by atoms with Gasteiger partial charge in [-0.1, -0.05) is 18.2 Å². The molecular weight excluding hydrogens is 286 g/mol. The van der Waals surface area contributed by atoms with Crippen LogP contribution < -0.4 is 10.1 Å². The zero-order valence-corrected chi connectivity index (χ0v) is 12.4. The molecule has 1 amide bonds. The quantitative estimate of drug-likeness (QED) is 0.918. The minimum Gasteiger partial charge on any atom is -0.489 e. The highest BCUT2D eigenvalue weighted by molar-refractivity contribution is 7.12. The smallest absolute Gasteiger partial charge is 0.265 e. The van der Waals surface area contributed by atoms with Crippen molar-refractivity contribution in [3.8, 4) is 5.75 Å². The van der Waals surface area contributed by atoms with Crippen LogP contribution in [0.2, 0.25) is 0 Å². The highest BCUT2D eigenvalue weighted by Gasteiger charge is 2.17. The summed E-state index contributed by atoms with van der Waals surface area (Å²) in [7, 11) is 0. The number of benzene rings is 1. The van der Waals surface area contributed by atoms with E-state index in [2.05, 4.69) is 5.32 Å². The standard InChI is InChI=1S/C16H17NO3S/c18-16(15-8-4-10-21-15)17-13-6-1-2-7-14(13)20-11-12-5-3-9-19-12/h1-2,4,6-8,10,12H,3,5,9,11H2,(H,17,18)/t12-/m1/s1. The number of para-hydroxylation sites is 2. The average molecular weight is 303 g/mol. The number of carbonyl (C=O) groups is 1. The molecule has 0 radical (unpaired) electrons. The third-order valence-electron chi connectivity index (χ3n) is 3.33. The molecule has 1 aromatic heterocycles. The summed E-state index contributed by atoms with van der Waals surface area (Å²) in [6.07, 6.45) is 2.28. The monoisotopic (exact) mass is 303 g/mol. The Morgan fingerprint density at radius 2 is 2.24 bits per heavy atom. The fourth-order valence-corrected chi connectivity index (χ4v) is 2.86. The predicted octanol–water partition coefficient (Wildman–Crippen LogP) is 3.56. The van der Waals surface area contributed by atoms with Gasteiger partial charge in [-0.05, 0) is 36.4 Å². The van der Waals surface area contributed by atoms with Crippen molar-refractivity contribution in [3.63, 3.8) is 0 Å². The number of ether oxygens (including phenoxy) is 2. The molecule has 3 rings (SSSR count). The number of amides is 1. The first-order chi connectivity index (χ1) is 10.3. The Balaban J connectivity index is 1.65. The van der Waals surface area contributed by atoms with Crippen molar-refractivity contribution in [2.45, 2.75) is 18.9 Å². The number of rotatable bonds is 5. The molecule has 4 nitrogen and oxygen atoms in total. The van der Waals surface area contributed by atoms with Gasteiger partial charge in [0.05, 0.1) is 16.7 Å². The number of thiophene rings is 1. The third kappa shape index (κ3) is 3.62. The second-order valence-corrected chi connectivity index (χ2v) is 5.82. The van der Waals surface area contributed by atoms with Crippen molar-refractivity contribution in [1.29, 1.82) is 0 Å². The van der Waals surface area contributed by atoms with Gasteiger partial charge in [-0.2, -0.15) is 0 Å². The first-order valence-corrected chi connectivity index (χ1v) is 7.89. The van der Waals surface area contributed by atoms with Crippen molar-refractivity contribution in [3.05, 3.63) is 46.7 Å². The van der Waals surface area contributed by atoms with E-state index in [1.54, 1.807) is 6.07 Å². The lowest BCUT2D eigenvalue weighted by Gasteiger charge is -2.14. The van der Waals surface area contributed by atoms with Crippen molar-refractivity contribution in [2.75, 3.05) is 18.5 Å². The van der Waals surface area contributed by atoms with Crippen molar-refractivity contribution in [1.82, 2.24) is 0 Å². The van der Waals surface area contributed by atoms with Crippen LogP contribution in [-0.2, 0) is 4.74 Å². The van der Waals surface area contributed by atoms with Crippen LogP contribution in [0.3, 0.4) is 0 Å². The molecule has 0 aliphatic carbocycles. The van der Waals surface area contributed by atoms with Gasteiger partial charge in [-0.3, -0.25) is 4.79 Å². The van der Waals surface area contributed by atoms with Crippen LogP contribution in [0.1, 0.15) is 22.5 Å². The van der Waals surface area contributed by atoms with Crippen molar-refractivity contribution < 1.29 is 14.3 Å². The maximum absolute atomic E-state index is 12.1. The van der Waals surface area contributed by atoms with Gasteiger partial charge in [-0.25, -0.2) is 0 Å². The Kier molecular flexibility index (Phi) is 4.52. The van der Waals surface area contributed by atoms with Crippen LogP contribution in [-0.4, -0.2) is 25.2 Å². The molecular formula is C16H17NO3S. The first-order valence-electron chi connectivity index (χ1n) is 7.01. The molecule has 1 N–H and O–H groups in total. The second kappa shape index (κ2) is 6.74. The summed E-state index contributed by atoms with van der Waals surface area (Å²) in [6, 6.07) is 11.1. The Morgan fingerprint density at radius 1 is 1.33 bits per heavy atom. The van der Waals surface area contributed by atoms with Gasteiger partial charge < -0.3 is 14.8 Å². The molecule has 5 heteroatoms. The second-order valence-electron chi connectivity index (χ2n) is 4.87. The van der Waals surface area contributed by atoms with Crippen molar-refractivity contribution in [2.24, 2.45) is 0 Å². The summed E-state index contributed by atoms with van der Waals surface area (Å²) in [5.41, 5.74) is 0.689. The van der Waals surface area contributed by atoms with E-state index in [0.29, 0.717) is 22.9 Å². The van der Waals surface area contributed by atoms with Gasteiger partial charge in [0, 0.05) is 6.61 Å². The molecule has 1 fully saturated rings. The summed E-state index contributed by atoms with van der Waals surface area (Å²) in [5, 5.41) is 4.78. The Morgan fingerprint density at radius 3 is 3.00 bits per heavy atom. The molecule has 21 heavy (non-hydrogen) atoms. The number of carbonyl (C=O) groups excluding carboxylic acids is 1. The lowest BCUT2D eigenvalue weighted by molar-refractivity contribution is 0.0682. The SMILES string of the molecule is O=C(Nc1ccccc1OC[C@H]1CCCO1)c1cccs1. The normalized spacial score (nSPS) is 17.6. The molecule has 0 bridgehead atoms. The fourth-order valence-electron chi connectivity index (χ4n) is 2.25. The van der Waals surface area contributed by atoms with Gasteiger partial charge in [-0.15, -0.1) is 11.3 Å². The molecule has 0 saturated carbocycles. The van der Waals surface area contributed by atoms with E-state index in [1.807, 2.05) is 35.7 Å². The van der Waals surface area contributed by atoms with Crippen molar-refractivity contribution >= 4 is 22.9 Å². The molecule has 1 aliphatic heterocycles. The van der Waals surface area contributed by atoms with Crippen LogP contribution in [0.25, 0.3) is 0 Å². The van der Waals surface area contributed by atoms with Crippen LogP contribution in [0, 0.1) is 0 Å². The molecule has 1 saturated heterocycles. The molecule has 1 aliphatic rings. The Labute approximate surface area is 127 Å². The van der Waals surface area contributed by atoms with E-state index in [1.165, 1.54) is 11.3 Å². The summed E-state index contributed by atoms with van der Waals surface area (Å²) < 4.78 is 11.3. The molecule has 2 heterocycles. The van der Waals surface area contributed by atoms with E-state index < -0.39 is 0 Å². The predicted molar refractivity (Wildman–Crippen MR) is 83.2 cm³/mol. The number of anilines is 1. The summed E-state index contributed by atoms with van der Waals surface area (Å²) in [5.74, 6) is 0.566. The van der Waals surface area contributed by atoms with Crippen LogP contribution in [0.15, 0.2) is 41.8 Å². The fraction of sp³-hybridized carbons (Fsp3) is 0.312. The maximum Gasteiger partial charge on any atom is 0.265 e. The highest BCUT2D eigenvalue weighted by Crippen LogP contribution is 2.26. The van der Waals surface area contributed by atoms with Gasteiger partial charge >= 0.3 is 0 Å². The van der Waals surface area contributed by atoms with Gasteiger partial charge in [0.2, 0.25) is 0 Å². The highest BCUT2D eigenvalue weighted by atomic mass is 32.1.